The van der Waals surface area contributed by atoms with Crippen molar-refractivity contribution in [3.8, 4) is 0 Å². The summed E-state index contributed by atoms with van der Waals surface area (Å²) in [6.07, 6.45) is 13.4. The van der Waals surface area contributed by atoms with Gasteiger partial charge in [0.15, 0.2) is 0 Å². The van der Waals surface area contributed by atoms with Crippen molar-refractivity contribution in [2.75, 3.05) is 0 Å². The first-order chi connectivity index (χ1) is 10.2. The molecule has 0 radical (unpaired) electrons. The van der Waals surface area contributed by atoms with Gasteiger partial charge in [-0.05, 0) is 12.8 Å². The standard InChI is InChI=1S/C17H30O4/c1-3-5-7-8-9-10-11-12-13-15-17(19)21-20-16(18)14-6-4-2/h4H,2-3,5-15H2,1H3. The lowest BCUT2D eigenvalue weighted by atomic mass is 10.1. The Labute approximate surface area is 128 Å². The average Bonchev–Trinajstić information content (AvgIpc) is 2.49. The number of unbranched alkanes of at least 4 members (excludes halogenated alkanes) is 8. The molecule has 0 saturated carbocycles. The van der Waals surface area contributed by atoms with Crippen LogP contribution in [-0.4, -0.2) is 11.9 Å². The number of rotatable bonds is 13. The molecule has 0 bridgehead atoms. The zero-order chi connectivity index (χ0) is 15.8. The van der Waals surface area contributed by atoms with Crippen molar-refractivity contribution in [2.24, 2.45) is 0 Å². The summed E-state index contributed by atoms with van der Waals surface area (Å²) in [5, 5.41) is 0. The lowest BCUT2D eigenvalue weighted by Gasteiger charge is -2.03. The Morgan fingerprint density at radius 3 is 1.81 bits per heavy atom. The predicted molar refractivity (Wildman–Crippen MR) is 83.5 cm³/mol. The molecule has 122 valence electrons. The van der Waals surface area contributed by atoms with E-state index in [1.807, 2.05) is 0 Å². The van der Waals surface area contributed by atoms with Gasteiger partial charge in [-0.3, -0.25) is 0 Å². The second-order valence-electron chi connectivity index (χ2n) is 5.32. The van der Waals surface area contributed by atoms with Crippen LogP contribution >= 0.6 is 0 Å². The van der Waals surface area contributed by atoms with Gasteiger partial charge in [0.1, 0.15) is 0 Å². The summed E-state index contributed by atoms with van der Waals surface area (Å²) in [5.74, 6) is -1.000. The van der Waals surface area contributed by atoms with Gasteiger partial charge in [-0.2, -0.15) is 0 Å². The molecule has 4 nitrogen and oxygen atoms in total. The predicted octanol–water partition coefficient (Wildman–Crippen LogP) is 4.87. The fourth-order valence-corrected chi connectivity index (χ4v) is 1.98. The molecule has 0 aromatic heterocycles. The first-order valence-corrected chi connectivity index (χ1v) is 8.21. The van der Waals surface area contributed by atoms with Gasteiger partial charge in [-0.25, -0.2) is 19.4 Å². The van der Waals surface area contributed by atoms with E-state index in [1.54, 1.807) is 6.08 Å². The van der Waals surface area contributed by atoms with E-state index in [2.05, 4.69) is 23.3 Å². The third kappa shape index (κ3) is 14.9. The smallest absolute Gasteiger partial charge is 0.247 e. The molecule has 0 spiro atoms. The van der Waals surface area contributed by atoms with E-state index >= 15 is 0 Å². The molecule has 0 rings (SSSR count). The van der Waals surface area contributed by atoms with Crippen molar-refractivity contribution in [1.29, 1.82) is 0 Å². The van der Waals surface area contributed by atoms with Gasteiger partial charge in [0.05, 0.1) is 12.8 Å². The molecular formula is C17H30O4. The monoisotopic (exact) mass is 298 g/mol. The van der Waals surface area contributed by atoms with E-state index in [0.29, 0.717) is 12.8 Å². The fraction of sp³-hybridized carbons (Fsp3) is 0.765. The van der Waals surface area contributed by atoms with Crippen molar-refractivity contribution in [2.45, 2.75) is 84.0 Å². The molecule has 0 aromatic rings. The SMILES string of the molecule is C=CCCC(=O)OOC(=O)CCCCCCCCCCC. The van der Waals surface area contributed by atoms with Crippen molar-refractivity contribution in [3.05, 3.63) is 12.7 Å². The maximum atomic E-state index is 11.3. The molecule has 0 heterocycles. The molecule has 0 aliphatic heterocycles. The maximum absolute atomic E-state index is 11.3. The van der Waals surface area contributed by atoms with Gasteiger partial charge in [-0.1, -0.05) is 64.4 Å². The minimum Gasteiger partial charge on any atom is -0.247 e. The summed E-state index contributed by atoms with van der Waals surface area (Å²) in [4.78, 5) is 31.2. The Kier molecular flexibility index (Phi) is 14.1. The Morgan fingerprint density at radius 1 is 0.810 bits per heavy atom. The molecular weight excluding hydrogens is 268 g/mol. The summed E-state index contributed by atoms with van der Waals surface area (Å²) in [6, 6.07) is 0. The Hall–Kier alpha value is -1.32. The first kappa shape index (κ1) is 19.7. The van der Waals surface area contributed by atoms with Crippen LogP contribution in [0, 0.1) is 0 Å². The molecule has 0 aromatic carbocycles. The Balaban J connectivity index is 3.30. The van der Waals surface area contributed by atoms with Crippen LogP contribution in [0.2, 0.25) is 0 Å². The minimum absolute atomic E-state index is 0.189. The highest BCUT2D eigenvalue weighted by Gasteiger charge is 2.08. The summed E-state index contributed by atoms with van der Waals surface area (Å²) >= 11 is 0. The van der Waals surface area contributed by atoms with Crippen molar-refractivity contribution in [1.82, 2.24) is 0 Å². The highest BCUT2D eigenvalue weighted by molar-refractivity contribution is 5.72. The van der Waals surface area contributed by atoms with E-state index in [9.17, 15) is 9.59 Å². The van der Waals surface area contributed by atoms with Gasteiger partial charge >= 0.3 is 11.9 Å². The lowest BCUT2D eigenvalue weighted by molar-refractivity contribution is -0.259. The highest BCUT2D eigenvalue weighted by Crippen LogP contribution is 2.10. The van der Waals surface area contributed by atoms with Crippen LogP contribution in [0.3, 0.4) is 0 Å². The largest absolute Gasteiger partial charge is 0.355 e. The van der Waals surface area contributed by atoms with E-state index in [-0.39, 0.29) is 6.42 Å². The molecule has 0 saturated heterocycles. The van der Waals surface area contributed by atoms with Crippen LogP contribution in [0.25, 0.3) is 0 Å². The highest BCUT2D eigenvalue weighted by atomic mass is 17.2. The molecule has 0 fully saturated rings. The Morgan fingerprint density at radius 2 is 1.29 bits per heavy atom. The summed E-state index contributed by atoms with van der Waals surface area (Å²) in [7, 11) is 0. The number of allylic oxidation sites excluding steroid dienone is 1. The number of carbonyl (C=O) groups excluding carboxylic acids is 2. The van der Waals surface area contributed by atoms with Crippen LogP contribution < -0.4 is 0 Å². The molecule has 0 N–H and O–H groups in total. The second kappa shape index (κ2) is 15.1. The van der Waals surface area contributed by atoms with Crippen LogP contribution in [0.5, 0.6) is 0 Å². The van der Waals surface area contributed by atoms with Crippen LogP contribution in [0.1, 0.15) is 84.0 Å². The average molecular weight is 298 g/mol. The molecule has 0 atom stereocenters. The number of carbonyl (C=O) groups is 2. The maximum Gasteiger partial charge on any atom is 0.355 e. The van der Waals surface area contributed by atoms with E-state index in [4.69, 9.17) is 0 Å². The summed E-state index contributed by atoms with van der Waals surface area (Å²) in [6.45, 7) is 5.72. The zero-order valence-electron chi connectivity index (χ0n) is 13.4. The molecule has 21 heavy (non-hydrogen) atoms. The Bertz CT molecular complexity index is 287. The van der Waals surface area contributed by atoms with Crippen molar-refractivity contribution >= 4 is 11.9 Å². The normalized spacial score (nSPS) is 10.1. The molecule has 0 unspecified atom stereocenters. The third-order valence-electron chi connectivity index (χ3n) is 3.26. The fourth-order valence-electron chi connectivity index (χ4n) is 1.98. The number of hydrogen-bond acceptors (Lipinski definition) is 4. The van der Waals surface area contributed by atoms with Gasteiger partial charge in [0, 0.05) is 0 Å². The van der Waals surface area contributed by atoms with Crippen LogP contribution in [0.15, 0.2) is 12.7 Å². The van der Waals surface area contributed by atoms with Crippen molar-refractivity contribution < 1.29 is 19.4 Å². The molecule has 0 amide bonds. The van der Waals surface area contributed by atoms with E-state index in [0.717, 1.165) is 19.3 Å². The minimum atomic E-state index is -0.532. The lowest BCUT2D eigenvalue weighted by Crippen LogP contribution is -2.10. The molecule has 0 aliphatic rings. The quantitative estimate of drug-likeness (QED) is 0.210. The third-order valence-corrected chi connectivity index (χ3v) is 3.26. The molecule has 0 aliphatic carbocycles. The van der Waals surface area contributed by atoms with Gasteiger partial charge in [-0.15, -0.1) is 6.58 Å². The van der Waals surface area contributed by atoms with E-state index in [1.165, 1.54) is 38.5 Å². The number of hydrogen-bond donors (Lipinski definition) is 0. The first-order valence-electron chi connectivity index (χ1n) is 8.21. The van der Waals surface area contributed by atoms with E-state index < -0.39 is 11.9 Å². The summed E-state index contributed by atoms with van der Waals surface area (Å²) in [5.41, 5.74) is 0. The van der Waals surface area contributed by atoms with Crippen LogP contribution in [0.4, 0.5) is 0 Å². The summed E-state index contributed by atoms with van der Waals surface area (Å²) < 4.78 is 0. The van der Waals surface area contributed by atoms with Crippen LogP contribution in [-0.2, 0) is 19.4 Å². The molecule has 4 heteroatoms. The van der Waals surface area contributed by atoms with Gasteiger partial charge in [0.2, 0.25) is 0 Å². The van der Waals surface area contributed by atoms with Gasteiger partial charge < -0.3 is 0 Å². The zero-order valence-corrected chi connectivity index (χ0v) is 13.4. The topological polar surface area (TPSA) is 52.6 Å². The van der Waals surface area contributed by atoms with Crippen molar-refractivity contribution in [3.63, 3.8) is 0 Å². The second-order valence-corrected chi connectivity index (χ2v) is 5.32. The van der Waals surface area contributed by atoms with Gasteiger partial charge in [0.25, 0.3) is 0 Å².